The highest BCUT2D eigenvalue weighted by Gasteiger charge is 2.27. The number of nitrogens with zero attached hydrogens (tertiary/aromatic N) is 2. The second kappa shape index (κ2) is 17.1. The van der Waals surface area contributed by atoms with E-state index in [-0.39, 0.29) is 103 Å². The van der Waals surface area contributed by atoms with Gasteiger partial charge in [-0.3, -0.25) is 43.4 Å². The van der Waals surface area contributed by atoms with Crippen LogP contribution in [0.4, 0.5) is 0 Å². The smallest absolute Gasteiger partial charge is 0.253 e. The second-order valence-corrected chi connectivity index (χ2v) is 9.49. The van der Waals surface area contributed by atoms with Crippen LogP contribution in [0, 0.1) is 0 Å². The van der Waals surface area contributed by atoms with Gasteiger partial charge in [0, 0.05) is 69.7 Å². The number of ketones is 1. The third-order valence-electron chi connectivity index (χ3n) is 5.83. The number of imide groups is 2. The number of carbonyl (C=O) groups excluding carboxylic acids is 7. The van der Waals surface area contributed by atoms with Crippen LogP contribution in [-0.2, 0) is 47.8 Å². The molecule has 0 fully saturated rings. The maximum absolute atomic E-state index is 12.1. The molecule has 0 aromatic carbocycles. The SMILES string of the molecule is CC(=O)CCOCC(N)(COCCC(=O)NCCN1C(=O)C=CC1=O)COCCC(=O)NCCN1C(=O)C=CC1=O. The average Bonchev–Trinajstić information content (AvgIpc) is 3.42. The van der Waals surface area contributed by atoms with Crippen molar-refractivity contribution in [3.63, 3.8) is 0 Å². The van der Waals surface area contributed by atoms with E-state index in [2.05, 4.69) is 10.6 Å². The van der Waals surface area contributed by atoms with E-state index in [1.165, 1.54) is 31.2 Å². The summed E-state index contributed by atoms with van der Waals surface area (Å²) in [5, 5.41) is 5.21. The first-order valence-electron chi connectivity index (χ1n) is 13.1. The first-order chi connectivity index (χ1) is 19.5. The van der Waals surface area contributed by atoms with Crippen molar-refractivity contribution in [2.75, 3.05) is 65.8 Å². The molecule has 0 saturated carbocycles. The van der Waals surface area contributed by atoms with Crippen molar-refractivity contribution < 1.29 is 47.8 Å². The molecular weight excluding hydrogens is 542 g/mol. The average molecular weight is 580 g/mol. The van der Waals surface area contributed by atoms with Crippen molar-refractivity contribution >= 4 is 41.2 Å². The lowest BCUT2D eigenvalue weighted by Crippen LogP contribution is -2.53. The molecule has 2 aliphatic heterocycles. The number of rotatable bonds is 21. The molecule has 4 N–H and O–H groups in total. The van der Waals surface area contributed by atoms with E-state index >= 15 is 0 Å². The van der Waals surface area contributed by atoms with Crippen molar-refractivity contribution in [3.8, 4) is 0 Å². The molecule has 0 unspecified atom stereocenters. The summed E-state index contributed by atoms with van der Waals surface area (Å²) >= 11 is 0. The molecule has 0 saturated heterocycles. The fraction of sp³-hybridized carbons (Fsp3) is 0.577. The van der Waals surface area contributed by atoms with Crippen LogP contribution in [0.5, 0.6) is 0 Å². The van der Waals surface area contributed by atoms with Gasteiger partial charge in [0.1, 0.15) is 5.78 Å². The van der Waals surface area contributed by atoms with Gasteiger partial charge in [0.2, 0.25) is 11.8 Å². The molecule has 2 rings (SSSR count). The first-order valence-corrected chi connectivity index (χ1v) is 13.1. The molecule has 226 valence electrons. The summed E-state index contributed by atoms with van der Waals surface area (Å²) in [6, 6.07) is 0. The van der Waals surface area contributed by atoms with Crippen LogP contribution >= 0.6 is 0 Å². The van der Waals surface area contributed by atoms with E-state index in [1.54, 1.807) is 0 Å². The Labute approximate surface area is 237 Å². The van der Waals surface area contributed by atoms with E-state index in [4.69, 9.17) is 19.9 Å². The van der Waals surface area contributed by atoms with Crippen LogP contribution < -0.4 is 16.4 Å². The topological polar surface area (TPSA) is 204 Å². The lowest BCUT2D eigenvalue weighted by Gasteiger charge is -2.29. The summed E-state index contributed by atoms with van der Waals surface area (Å²) in [5.41, 5.74) is 5.26. The van der Waals surface area contributed by atoms with Crippen molar-refractivity contribution in [3.05, 3.63) is 24.3 Å². The minimum Gasteiger partial charge on any atom is -0.379 e. The van der Waals surface area contributed by atoms with Gasteiger partial charge < -0.3 is 30.6 Å². The molecule has 15 heteroatoms. The summed E-state index contributed by atoms with van der Waals surface area (Å²) in [6.07, 6.45) is 4.91. The molecule has 2 aliphatic rings. The van der Waals surface area contributed by atoms with E-state index < -0.39 is 29.2 Å². The summed E-state index contributed by atoms with van der Waals surface area (Å²) in [5.74, 6) is -2.42. The largest absolute Gasteiger partial charge is 0.379 e. The molecule has 0 radical (unpaired) electrons. The minimum absolute atomic E-state index is 0.00344. The highest BCUT2D eigenvalue weighted by Crippen LogP contribution is 2.07. The van der Waals surface area contributed by atoms with Gasteiger partial charge in [0.25, 0.3) is 23.6 Å². The van der Waals surface area contributed by atoms with Crippen LogP contribution in [0.25, 0.3) is 0 Å². The fourth-order valence-electron chi connectivity index (χ4n) is 3.59. The summed E-state index contributed by atoms with van der Waals surface area (Å²) in [4.78, 5) is 83.4. The van der Waals surface area contributed by atoms with Crippen LogP contribution in [-0.4, -0.2) is 122 Å². The Kier molecular flexibility index (Phi) is 14.0. The molecule has 0 aromatic heterocycles. The summed E-state index contributed by atoms with van der Waals surface area (Å²) in [6.45, 7) is 1.91. The van der Waals surface area contributed by atoms with Crippen molar-refractivity contribution in [1.29, 1.82) is 0 Å². The number of hydrogen-bond donors (Lipinski definition) is 3. The molecule has 15 nitrogen and oxygen atoms in total. The van der Waals surface area contributed by atoms with Gasteiger partial charge in [-0.15, -0.1) is 0 Å². The van der Waals surface area contributed by atoms with E-state index in [9.17, 15) is 33.6 Å². The Morgan fingerprint density at radius 2 is 1.02 bits per heavy atom. The third-order valence-corrected chi connectivity index (χ3v) is 5.83. The van der Waals surface area contributed by atoms with E-state index in [0.717, 1.165) is 9.80 Å². The number of nitrogens with two attached hydrogens (primary N) is 1. The highest BCUT2D eigenvalue weighted by atomic mass is 16.5. The number of carbonyl (C=O) groups is 7. The molecule has 0 bridgehead atoms. The van der Waals surface area contributed by atoms with Crippen LogP contribution in [0.1, 0.15) is 26.2 Å². The second-order valence-electron chi connectivity index (χ2n) is 9.49. The van der Waals surface area contributed by atoms with Gasteiger partial charge in [0.05, 0.1) is 45.2 Å². The maximum atomic E-state index is 12.1. The van der Waals surface area contributed by atoms with Gasteiger partial charge in [-0.25, -0.2) is 0 Å². The Balaban J connectivity index is 1.66. The van der Waals surface area contributed by atoms with Crippen molar-refractivity contribution in [1.82, 2.24) is 20.4 Å². The number of nitrogens with one attached hydrogen (secondary N) is 2. The highest BCUT2D eigenvalue weighted by molar-refractivity contribution is 6.13. The van der Waals surface area contributed by atoms with Gasteiger partial charge >= 0.3 is 0 Å². The van der Waals surface area contributed by atoms with Crippen molar-refractivity contribution in [2.24, 2.45) is 5.73 Å². The molecule has 41 heavy (non-hydrogen) atoms. The molecule has 0 aromatic rings. The molecule has 0 aliphatic carbocycles. The van der Waals surface area contributed by atoms with Crippen LogP contribution in [0.2, 0.25) is 0 Å². The third kappa shape index (κ3) is 12.5. The minimum atomic E-state index is -1.13. The Bertz CT molecular complexity index is 953. The zero-order valence-electron chi connectivity index (χ0n) is 23.1. The number of Topliss-reactive ketones (excluding diaryl/α,β-unsaturated/α-hetero) is 1. The van der Waals surface area contributed by atoms with Gasteiger partial charge in [-0.05, 0) is 6.92 Å². The standard InChI is InChI=1S/C26H37N5O10/c1-19(32)6-13-39-16-26(27,17-40-14-7-20(33)28-9-11-30-22(35)2-3-23(30)36)18-41-15-8-21(34)29-10-12-31-24(37)4-5-25(31)38/h2-5H,6-18,27H2,1H3,(H,28,33)(H,29,34). The molecule has 2 heterocycles. The lowest BCUT2D eigenvalue weighted by atomic mass is 10.1. The van der Waals surface area contributed by atoms with E-state index in [0.29, 0.717) is 0 Å². The Morgan fingerprint density at radius 3 is 1.37 bits per heavy atom. The lowest BCUT2D eigenvalue weighted by molar-refractivity contribution is -0.138. The number of amides is 6. The molecule has 6 amide bonds. The normalized spacial score (nSPS) is 14.9. The molecular formula is C26H37N5O10. The zero-order chi connectivity index (χ0) is 30.3. The quantitative estimate of drug-likeness (QED) is 0.0964. The zero-order valence-corrected chi connectivity index (χ0v) is 23.1. The summed E-state index contributed by atoms with van der Waals surface area (Å²) < 4.78 is 16.7. The number of ether oxygens (including phenoxy) is 3. The maximum Gasteiger partial charge on any atom is 0.253 e. The Hall–Kier alpha value is -3.79. The van der Waals surface area contributed by atoms with Gasteiger partial charge in [0.15, 0.2) is 0 Å². The fourth-order valence-corrected chi connectivity index (χ4v) is 3.59. The van der Waals surface area contributed by atoms with Crippen molar-refractivity contribution in [2.45, 2.75) is 31.7 Å². The van der Waals surface area contributed by atoms with Crippen LogP contribution in [0.15, 0.2) is 24.3 Å². The predicted octanol–water partition coefficient (Wildman–Crippen LogP) is -2.42. The predicted molar refractivity (Wildman–Crippen MR) is 142 cm³/mol. The first kappa shape index (κ1) is 33.4. The number of hydrogen-bond acceptors (Lipinski definition) is 11. The molecule has 0 spiro atoms. The summed E-state index contributed by atoms with van der Waals surface area (Å²) in [7, 11) is 0. The van der Waals surface area contributed by atoms with E-state index in [1.807, 2.05) is 0 Å². The Morgan fingerprint density at radius 1 is 0.683 bits per heavy atom. The van der Waals surface area contributed by atoms with Gasteiger partial charge in [-0.2, -0.15) is 0 Å². The van der Waals surface area contributed by atoms with Crippen LogP contribution in [0.3, 0.4) is 0 Å². The van der Waals surface area contributed by atoms with Gasteiger partial charge in [-0.1, -0.05) is 0 Å². The molecule has 0 atom stereocenters. The monoisotopic (exact) mass is 579 g/mol.